The number of alkyl halides is 3. The zero-order valence-electron chi connectivity index (χ0n) is 12.1. The van der Waals surface area contributed by atoms with Gasteiger partial charge in [-0.2, -0.15) is 17.7 Å². The van der Waals surface area contributed by atoms with Gasteiger partial charge in [0.15, 0.2) is 5.65 Å². The third-order valence-electron chi connectivity index (χ3n) is 4.14. The van der Waals surface area contributed by atoms with E-state index in [9.17, 15) is 13.2 Å². The number of nitrogens with zero attached hydrogens (tertiary/aromatic N) is 5. The van der Waals surface area contributed by atoms with Crippen LogP contribution in [0.3, 0.4) is 0 Å². The van der Waals surface area contributed by atoms with E-state index in [1.54, 1.807) is 6.07 Å². The molecule has 124 valence electrons. The summed E-state index contributed by atoms with van der Waals surface area (Å²) in [6, 6.07) is 3.14. The van der Waals surface area contributed by atoms with Gasteiger partial charge >= 0.3 is 6.18 Å². The quantitative estimate of drug-likeness (QED) is 0.782. The van der Waals surface area contributed by atoms with Crippen LogP contribution >= 0.6 is 0 Å². The second-order valence-corrected chi connectivity index (χ2v) is 5.74. The fourth-order valence-corrected chi connectivity index (χ4v) is 2.99. The Morgan fingerprint density at radius 3 is 2.78 bits per heavy atom. The van der Waals surface area contributed by atoms with Crippen LogP contribution in [-0.2, 0) is 15.7 Å². The summed E-state index contributed by atoms with van der Waals surface area (Å²) in [7, 11) is 0. The Morgan fingerprint density at radius 2 is 2.04 bits per heavy atom. The first-order valence-electron chi connectivity index (χ1n) is 7.23. The van der Waals surface area contributed by atoms with Crippen molar-refractivity contribution in [2.45, 2.75) is 18.2 Å². The molecule has 23 heavy (non-hydrogen) atoms. The summed E-state index contributed by atoms with van der Waals surface area (Å²) in [5, 5.41) is 10.8. The van der Waals surface area contributed by atoms with Crippen LogP contribution in [0.5, 0.6) is 0 Å². The van der Waals surface area contributed by atoms with E-state index >= 15 is 0 Å². The summed E-state index contributed by atoms with van der Waals surface area (Å²) in [5.74, 6) is -0.682. The first-order chi connectivity index (χ1) is 11.0. The molecule has 10 heteroatoms. The van der Waals surface area contributed by atoms with E-state index in [-0.39, 0.29) is 5.65 Å². The third-order valence-corrected chi connectivity index (χ3v) is 4.14. The number of fused-ring (bicyclic) bond motifs is 1. The Hall–Kier alpha value is -1.94. The fraction of sp³-hybridized carbons (Fsp3) is 0.615. The maximum Gasteiger partial charge on any atom is 0.453 e. The van der Waals surface area contributed by atoms with Crippen LogP contribution in [0, 0.1) is 0 Å². The van der Waals surface area contributed by atoms with Crippen LogP contribution in [0.2, 0.25) is 0 Å². The van der Waals surface area contributed by atoms with Gasteiger partial charge in [0, 0.05) is 19.6 Å². The zero-order valence-corrected chi connectivity index (χ0v) is 12.1. The lowest BCUT2D eigenvalue weighted by Gasteiger charge is -2.39. The number of anilines is 1. The van der Waals surface area contributed by atoms with Crippen molar-refractivity contribution in [2.24, 2.45) is 0 Å². The van der Waals surface area contributed by atoms with E-state index in [2.05, 4.69) is 15.3 Å². The average Bonchev–Trinajstić information content (AvgIpc) is 3.13. The second kappa shape index (κ2) is 5.03. The normalized spacial score (nSPS) is 25.6. The lowest BCUT2D eigenvalue weighted by molar-refractivity contribution is -0.146. The molecule has 1 spiro atoms. The van der Waals surface area contributed by atoms with E-state index in [1.807, 2.05) is 4.90 Å². The van der Waals surface area contributed by atoms with Crippen molar-refractivity contribution < 1.29 is 22.6 Å². The topological polar surface area (TPSA) is 64.8 Å². The number of morpholine rings is 1. The highest BCUT2D eigenvalue weighted by Gasteiger charge is 2.41. The van der Waals surface area contributed by atoms with E-state index in [1.165, 1.54) is 6.07 Å². The van der Waals surface area contributed by atoms with Gasteiger partial charge in [-0.25, -0.2) is 0 Å². The second-order valence-electron chi connectivity index (χ2n) is 5.74. The molecule has 2 aliphatic heterocycles. The zero-order chi connectivity index (χ0) is 16.1. The van der Waals surface area contributed by atoms with Crippen molar-refractivity contribution in [3.05, 3.63) is 18.0 Å². The minimum atomic E-state index is -4.60. The highest BCUT2D eigenvalue weighted by Crippen LogP contribution is 2.31. The number of hydrogen-bond donors (Lipinski definition) is 0. The van der Waals surface area contributed by atoms with Crippen molar-refractivity contribution in [3.8, 4) is 0 Å². The molecular weight excluding hydrogens is 315 g/mol. The van der Waals surface area contributed by atoms with Crippen LogP contribution < -0.4 is 4.90 Å². The molecule has 4 rings (SSSR count). The van der Waals surface area contributed by atoms with Gasteiger partial charge in [-0.15, -0.1) is 15.3 Å². The molecule has 0 N–H and O–H groups in total. The highest BCUT2D eigenvalue weighted by molar-refractivity contribution is 5.46. The predicted molar refractivity (Wildman–Crippen MR) is 72.1 cm³/mol. The van der Waals surface area contributed by atoms with Crippen molar-refractivity contribution in [1.29, 1.82) is 0 Å². The van der Waals surface area contributed by atoms with Crippen LogP contribution in [0.1, 0.15) is 12.2 Å². The van der Waals surface area contributed by atoms with Gasteiger partial charge in [0.25, 0.3) is 5.82 Å². The smallest absolute Gasteiger partial charge is 0.378 e. The maximum atomic E-state index is 13.0. The molecular formula is C13H14F3N5O2. The average molecular weight is 329 g/mol. The van der Waals surface area contributed by atoms with Gasteiger partial charge in [-0.1, -0.05) is 0 Å². The number of rotatable bonds is 1. The summed E-state index contributed by atoms with van der Waals surface area (Å²) in [6.45, 7) is 2.70. The Bertz CT molecular complexity index is 726. The van der Waals surface area contributed by atoms with Crippen molar-refractivity contribution in [3.63, 3.8) is 0 Å². The Balaban J connectivity index is 1.68. The molecule has 0 radical (unpaired) electrons. The predicted octanol–water partition coefficient (Wildman–Crippen LogP) is 1.14. The number of hydrogen-bond acceptors (Lipinski definition) is 6. The number of aromatic nitrogens is 4. The Kier molecular flexibility index (Phi) is 3.20. The van der Waals surface area contributed by atoms with Gasteiger partial charge in [0.2, 0.25) is 0 Å². The molecule has 2 aromatic heterocycles. The molecule has 2 aliphatic rings. The summed E-state index contributed by atoms with van der Waals surface area (Å²) >= 11 is 0. The first kappa shape index (κ1) is 14.6. The van der Waals surface area contributed by atoms with E-state index in [4.69, 9.17) is 9.47 Å². The van der Waals surface area contributed by atoms with Crippen molar-refractivity contribution in [2.75, 3.05) is 37.8 Å². The van der Waals surface area contributed by atoms with Crippen molar-refractivity contribution in [1.82, 2.24) is 19.8 Å². The Morgan fingerprint density at radius 1 is 1.17 bits per heavy atom. The van der Waals surface area contributed by atoms with Gasteiger partial charge in [0.1, 0.15) is 11.4 Å². The lowest BCUT2D eigenvalue weighted by atomic mass is 10.0. The van der Waals surface area contributed by atoms with E-state index < -0.39 is 17.6 Å². The molecule has 1 atom stereocenters. The molecule has 0 aliphatic carbocycles. The molecule has 1 unspecified atom stereocenters. The minimum Gasteiger partial charge on any atom is -0.378 e. The fourth-order valence-electron chi connectivity index (χ4n) is 2.99. The maximum absolute atomic E-state index is 13.0. The van der Waals surface area contributed by atoms with Crippen LogP contribution in [0.15, 0.2) is 12.1 Å². The van der Waals surface area contributed by atoms with Crippen LogP contribution in [0.4, 0.5) is 19.0 Å². The van der Waals surface area contributed by atoms with E-state index in [0.29, 0.717) is 38.7 Å². The molecule has 2 saturated heterocycles. The summed E-state index contributed by atoms with van der Waals surface area (Å²) in [4.78, 5) is 1.91. The monoisotopic (exact) mass is 329 g/mol. The molecule has 7 nitrogen and oxygen atoms in total. The molecule has 0 saturated carbocycles. The van der Waals surface area contributed by atoms with Gasteiger partial charge < -0.3 is 14.4 Å². The van der Waals surface area contributed by atoms with Gasteiger partial charge in [-0.05, 0) is 12.1 Å². The molecule has 2 aromatic rings. The summed E-state index contributed by atoms with van der Waals surface area (Å²) < 4.78 is 50.8. The Labute approximate surface area is 129 Å². The van der Waals surface area contributed by atoms with Crippen LogP contribution in [-0.4, -0.2) is 58.3 Å². The molecule has 4 heterocycles. The summed E-state index contributed by atoms with van der Waals surface area (Å²) in [6.07, 6.45) is -3.83. The van der Waals surface area contributed by atoms with Gasteiger partial charge in [0.05, 0.1) is 19.8 Å². The third kappa shape index (κ3) is 2.51. The van der Waals surface area contributed by atoms with E-state index in [0.717, 1.165) is 10.9 Å². The number of ether oxygens (including phenoxy) is 2. The molecule has 2 fully saturated rings. The van der Waals surface area contributed by atoms with Crippen LogP contribution in [0.25, 0.3) is 5.65 Å². The standard InChI is InChI=1S/C13H14F3N5O2/c14-13(15,16)11-18-17-9-1-2-10(19-21(9)11)20-4-6-23-12(7-20)3-5-22-8-12/h1-2H,3-8H2. The van der Waals surface area contributed by atoms with Gasteiger partial charge in [-0.3, -0.25) is 0 Å². The largest absolute Gasteiger partial charge is 0.453 e. The molecule has 0 amide bonds. The first-order valence-corrected chi connectivity index (χ1v) is 7.23. The lowest BCUT2D eigenvalue weighted by Crippen LogP contribution is -2.52. The highest BCUT2D eigenvalue weighted by atomic mass is 19.4. The minimum absolute atomic E-state index is 0.0632. The van der Waals surface area contributed by atoms with Crippen molar-refractivity contribution >= 4 is 11.5 Å². The molecule has 0 aromatic carbocycles. The summed E-state index contributed by atoms with van der Waals surface area (Å²) in [5.41, 5.74) is -0.331. The molecule has 0 bridgehead atoms. The SMILES string of the molecule is FC(F)(F)c1nnc2ccc(N3CCOC4(CCOC4)C3)nn12. The number of halogens is 3.